The van der Waals surface area contributed by atoms with Gasteiger partial charge in [-0.3, -0.25) is 0 Å². The van der Waals surface area contributed by atoms with Gasteiger partial charge in [0.25, 0.3) is 0 Å². The zero-order valence-electron chi connectivity index (χ0n) is 18.4. The molecule has 4 rings (SSSR count). The van der Waals surface area contributed by atoms with E-state index in [1.807, 2.05) is 12.1 Å². The van der Waals surface area contributed by atoms with Crippen molar-refractivity contribution in [3.05, 3.63) is 125 Å². The van der Waals surface area contributed by atoms with Gasteiger partial charge in [0.15, 0.2) is 0 Å². The summed E-state index contributed by atoms with van der Waals surface area (Å²) in [5.74, 6) is 0.872. The number of hydrogen-bond donors (Lipinski definition) is 1. The lowest BCUT2D eigenvalue weighted by Gasteiger charge is -2.19. The lowest BCUT2D eigenvalue weighted by Crippen LogP contribution is -2.17. The Hall–Kier alpha value is -3.52. The summed E-state index contributed by atoms with van der Waals surface area (Å²) in [7, 11) is 1.69. The Kier molecular flexibility index (Phi) is 6.37. The van der Waals surface area contributed by atoms with Gasteiger partial charge in [-0.1, -0.05) is 66.8 Å². The summed E-state index contributed by atoms with van der Waals surface area (Å²) in [5.41, 5.74) is 8.71. The molecule has 0 aromatic heterocycles. The molecule has 2 heteroatoms. The van der Waals surface area contributed by atoms with Crippen molar-refractivity contribution < 1.29 is 4.74 Å². The maximum Gasteiger partial charge on any atom is 0.119 e. The van der Waals surface area contributed by atoms with Crippen molar-refractivity contribution in [1.82, 2.24) is 0 Å². The fourth-order valence-electron chi connectivity index (χ4n) is 3.78. The highest BCUT2D eigenvalue weighted by Gasteiger charge is 2.11. The molecule has 0 saturated carbocycles. The van der Waals surface area contributed by atoms with E-state index in [-0.39, 0.29) is 6.04 Å². The number of aryl methyl sites for hydroxylation is 2. The van der Waals surface area contributed by atoms with Crippen molar-refractivity contribution in [2.75, 3.05) is 12.4 Å². The van der Waals surface area contributed by atoms with Gasteiger partial charge in [0.05, 0.1) is 7.11 Å². The summed E-state index contributed by atoms with van der Waals surface area (Å²) in [6.07, 6.45) is 10.0. The van der Waals surface area contributed by atoms with Gasteiger partial charge >= 0.3 is 0 Å². The second-order valence-electron chi connectivity index (χ2n) is 8.00. The maximum atomic E-state index is 5.24. The number of anilines is 1. The Morgan fingerprint density at radius 2 is 1.68 bits per heavy atom. The lowest BCUT2D eigenvalue weighted by molar-refractivity contribution is 0.415. The minimum atomic E-state index is 0.285. The van der Waals surface area contributed by atoms with Gasteiger partial charge in [0.2, 0.25) is 0 Å². The Labute approximate surface area is 185 Å². The predicted molar refractivity (Wildman–Crippen MR) is 132 cm³/mol. The van der Waals surface area contributed by atoms with E-state index < -0.39 is 0 Å². The SMILES string of the molecule is COc1ccc(NC2C=CC(C=C(c3ccccc3)c3ccc(C)c(C)c3)=CC2)cc1. The molecule has 1 aliphatic carbocycles. The maximum absolute atomic E-state index is 5.24. The van der Waals surface area contributed by atoms with Gasteiger partial charge in [-0.2, -0.15) is 0 Å². The summed E-state index contributed by atoms with van der Waals surface area (Å²) in [4.78, 5) is 0. The van der Waals surface area contributed by atoms with Crippen LogP contribution in [0.15, 0.2) is 103 Å². The smallest absolute Gasteiger partial charge is 0.119 e. The largest absolute Gasteiger partial charge is 0.497 e. The first kappa shape index (κ1) is 20.7. The van der Waals surface area contributed by atoms with E-state index in [0.717, 1.165) is 17.9 Å². The van der Waals surface area contributed by atoms with Crippen LogP contribution in [0.5, 0.6) is 5.75 Å². The third-order valence-corrected chi connectivity index (χ3v) is 5.78. The molecule has 1 N–H and O–H groups in total. The molecule has 0 amide bonds. The van der Waals surface area contributed by atoms with Crippen molar-refractivity contribution in [3.8, 4) is 5.75 Å². The van der Waals surface area contributed by atoms with Gasteiger partial charge < -0.3 is 10.1 Å². The molecule has 1 aliphatic rings. The van der Waals surface area contributed by atoms with E-state index in [9.17, 15) is 0 Å². The fraction of sp³-hybridized carbons (Fsp3) is 0.172. The highest BCUT2D eigenvalue weighted by Crippen LogP contribution is 2.28. The predicted octanol–water partition coefficient (Wildman–Crippen LogP) is 7.11. The van der Waals surface area contributed by atoms with Crippen LogP contribution >= 0.6 is 0 Å². The van der Waals surface area contributed by atoms with Crippen LogP contribution in [0.25, 0.3) is 5.57 Å². The highest BCUT2D eigenvalue weighted by atomic mass is 16.5. The van der Waals surface area contributed by atoms with Crippen LogP contribution in [0, 0.1) is 13.8 Å². The molecule has 0 aliphatic heterocycles. The van der Waals surface area contributed by atoms with E-state index in [1.165, 1.54) is 33.4 Å². The first-order chi connectivity index (χ1) is 15.1. The normalized spacial score (nSPS) is 16.0. The Bertz CT molecular complexity index is 1120. The first-order valence-electron chi connectivity index (χ1n) is 10.8. The molecule has 0 bridgehead atoms. The van der Waals surface area contributed by atoms with E-state index in [1.54, 1.807) is 7.11 Å². The Balaban J connectivity index is 1.55. The van der Waals surface area contributed by atoms with Crippen LogP contribution < -0.4 is 10.1 Å². The van der Waals surface area contributed by atoms with Crippen molar-refractivity contribution in [2.45, 2.75) is 26.3 Å². The number of nitrogens with one attached hydrogen (secondary N) is 1. The summed E-state index contributed by atoms with van der Waals surface area (Å²) < 4.78 is 5.24. The minimum absolute atomic E-state index is 0.285. The van der Waals surface area contributed by atoms with Gasteiger partial charge in [-0.15, -0.1) is 0 Å². The molecule has 1 atom stereocenters. The number of methoxy groups -OCH3 is 1. The number of ether oxygens (including phenoxy) is 1. The van der Waals surface area contributed by atoms with Crippen LogP contribution in [0.1, 0.15) is 28.7 Å². The molecule has 31 heavy (non-hydrogen) atoms. The molecular weight excluding hydrogens is 378 g/mol. The van der Waals surface area contributed by atoms with Crippen molar-refractivity contribution in [3.63, 3.8) is 0 Å². The van der Waals surface area contributed by atoms with Gasteiger partial charge in [-0.05, 0) is 84.0 Å². The van der Waals surface area contributed by atoms with Crippen molar-refractivity contribution in [1.29, 1.82) is 0 Å². The molecule has 2 nitrogen and oxygen atoms in total. The molecular formula is C29H29NO. The fourth-order valence-corrected chi connectivity index (χ4v) is 3.78. The third kappa shape index (κ3) is 5.16. The first-order valence-corrected chi connectivity index (χ1v) is 10.8. The standard InChI is InChI=1S/C29H29NO/c1-21-9-12-25(19-22(21)2)29(24-7-5-4-6-8-24)20-23-10-13-26(14-11-23)30-27-15-17-28(31-3)18-16-27/h4-13,15-20,26,30H,14H2,1-3H3. The average Bonchev–Trinajstić information content (AvgIpc) is 2.81. The molecule has 3 aromatic rings. The monoisotopic (exact) mass is 407 g/mol. The van der Waals surface area contributed by atoms with Crippen LogP contribution in [-0.4, -0.2) is 13.2 Å². The molecule has 0 fully saturated rings. The van der Waals surface area contributed by atoms with Crippen LogP contribution in [0.3, 0.4) is 0 Å². The summed E-state index contributed by atoms with van der Waals surface area (Å²) in [6, 6.07) is 25.7. The highest BCUT2D eigenvalue weighted by molar-refractivity contribution is 5.82. The Morgan fingerprint density at radius 1 is 0.903 bits per heavy atom. The molecule has 0 radical (unpaired) electrons. The molecule has 3 aromatic carbocycles. The zero-order chi connectivity index (χ0) is 21.6. The summed E-state index contributed by atoms with van der Waals surface area (Å²) in [5, 5.41) is 3.58. The quantitative estimate of drug-likeness (QED) is 0.470. The number of hydrogen-bond acceptors (Lipinski definition) is 2. The number of rotatable bonds is 6. The van der Waals surface area contributed by atoms with E-state index in [0.29, 0.717) is 0 Å². The number of benzene rings is 3. The average molecular weight is 408 g/mol. The third-order valence-electron chi connectivity index (χ3n) is 5.78. The topological polar surface area (TPSA) is 21.3 Å². The molecule has 0 spiro atoms. The van der Waals surface area contributed by atoms with Gasteiger partial charge in [-0.25, -0.2) is 0 Å². The molecule has 0 saturated heterocycles. The lowest BCUT2D eigenvalue weighted by atomic mass is 9.92. The van der Waals surface area contributed by atoms with E-state index in [4.69, 9.17) is 4.74 Å². The van der Waals surface area contributed by atoms with E-state index >= 15 is 0 Å². The van der Waals surface area contributed by atoms with Gasteiger partial charge in [0, 0.05) is 11.7 Å². The number of allylic oxidation sites excluding steroid dienone is 3. The van der Waals surface area contributed by atoms with Crippen LogP contribution in [0.4, 0.5) is 5.69 Å². The van der Waals surface area contributed by atoms with Crippen molar-refractivity contribution in [2.24, 2.45) is 0 Å². The zero-order valence-corrected chi connectivity index (χ0v) is 18.4. The summed E-state index contributed by atoms with van der Waals surface area (Å²) >= 11 is 0. The molecule has 156 valence electrons. The second-order valence-corrected chi connectivity index (χ2v) is 8.00. The van der Waals surface area contributed by atoms with Crippen LogP contribution in [0.2, 0.25) is 0 Å². The molecule has 1 unspecified atom stereocenters. The summed E-state index contributed by atoms with van der Waals surface area (Å²) in [6.45, 7) is 4.34. The van der Waals surface area contributed by atoms with Crippen molar-refractivity contribution >= 4 is 11.3 Å². The second kappa shape index (κ2) is 9.53. The molecule has 0 heterocycles. The Morgan fingerprint density at radius 3 is 2.32 bits per heavy atom. The van der Waals surface area contributed by atoms with E-state index in [2.05, 4.69) is 104 Å². The van der Waals surface area contributed by atoms with Gasteiger partial charge in [0.1, 0.15) is 5.75 Å². The van der Waals surface area contributed by atoms with Crippen LogP contribution in [-0.2, 0) is 0 Å². The minimum Gasteiger partial charge on any atom is -0.497 e.